The molecule has 102 valence electrons. The van der Waals surface area contributed by atoms with Crippen molar-refractivity contribution in [1.82, 2.24) is 0 Å². The second-order valence-corrected chi connectivity index (χ2v) is 4.94. The molecule has 0 spiro atoms. The van der Waals surface area contributed by atoms with Gasteiger partial charge in [-0.05, 0) is 53.2 Å². The summed E-state index contributed by atoms with van der Waals surface area (Å²) in [6, 6.07) is 13.0. The summed E-state index contributed by atoms with van der Waals surface area (Å²) in [6.07, 6.45) is 0. The average Bonchev–Trinajstić information content (AvgIpc) is 2.45. The Kier molecular flexibility index (Phi) is 4.49. The fraction of sp³-hybridized carbons (Fsp3) is 0.133. The molecule has 0 saturated carbocycles. The Balaban J connectivity index is 2.31. The number of hydrogen-bond acceptors (Lipinski definition) is 4. The number of nitrogen functional groups attached to an aromatic ring is 1. The molecule has 5 heteroatoms. The predicted molar refractivity (Wildman–Crippen MR) is 84.2 cm³/mol. The molecule has 3 N–H and O–H groups in total. The summed E-state index contributed by atoms with van der Waals surface area (Å²) in [5.41, 5.74) is 8.83. The van der Waals surface area contributed by atoms with Crippen molar-refractivity contribution in [1.29, 1.82) is 5.26 Å². The van der Waals surface area contributed by atoms with Gasteiger partial charge in [-0.3, -0.25) is 0 Å². The number of nitrogens with two attached hydrogens (primary N) is 1. The van der Waals surface area contributed by atoms with Gasteiger partial charge in [0, 0.05) is 4.47 Å². The Morgan fingerprint density at radius 3 is 2.75 bits per heavy atom. The van der Waals surface area contributed by atoms with Gasteiger partial charge in [0.15, 0.2) is 0 Å². The van der Waals surface area contributed by atoms with E-state index in [0.29, 0.717) is 23.6 Å². The maximum Gasteiger partial charge on any atom is 0.144 e. The van der Waals surface area contributed by atoms with Gasteiger partial charge in [-0.1, -0.05) is 6.07 Å². The molecule has 0 bridgehead atoms. The van der Waals surface area contributed by atoms with E-state index in [2.05, 4.69) is 27.3 Å². The van der Waals surface area contributed by atoms with E-state index in [-0.39, 0.29) is 0 Å². The van der Waals surface area contributed by atoms with Gasteiger partial charge in [0.05, 0.1) is 35.3 Å². The van der Waals surface area contributed by atoms with E-state index in [1.54, 1.807) is 12.1 Å². The highest BCUT2D eigenvalue weighted by Crippen LogP contribution is 2.34. The quantitative estimate of drug-likeness (QED) is 0.829. The molecule has 0 unspecified atom stereocenters. The summed E-state index contributed by atoms with van der Waals surface area (Å²) in [5.74, 6) is 0.655. The second-order valence-electron chi connectivity index (χ2n) is 4.08. The van der Waals surface area contributed by atoms with Gasteiger partial charge >= 0.3 is 0 Å². The summed E-state index contributed by atoms with van der Waals surface area (Å²) >= 11 is 3.43. The first kappa shape index (κ1) is 14.2. The van der Waals surface area contributed by atoms with E-state index >= 15 is 0 Å². The normalized spacial score (nSPS) is 9.85. The third kappa shape index (κ3) is 3.03. The minimum atomic E-state index is 0.561. The van der Waals surface area contributed by atoms with Gasteiger partial charge in [0.1, 0.15) is 5.75 Å². The number of halogens is 1. The fourth-order valence-corrected chi connectivity index (χ4v) is 2.24. The zero-order chi connectivity index (χ0) is 14.5. The fourth-order valence-electron chi connectivity index (χ4n) is 1.77. The molecular formula is C15H14BrN3O. The topological polar surface area (TPSA) is 71.1 Å². The lowest BCUT2D eigenvalue weighted by atomic mass is 10.2. The van der Waals surface area contributed by atoms with Gasteiger partial charge in [-0.15, -0.1) is 0 Å². The highest BCUT2D eigenvalue weighted by atomic mass is 79.9. The van der Waals surface area contributed by atoms with Crippen molar-refractivity contribution in [2.24, 2.45) is 0 Å². The van der Waals surface area contributed by atoms with E-state index in [1.807, 2.05) is 31.2 Å². The van der Waals surface area contributed by atoms with Crippen molar-refractivity contribution >= 4 is 33.0 Å². The van der Waals surface area contributed by atoms with Crippen LogP contribution in [0.1, 0.15) is 12.5 Å². The molecule has 0 fully saturated rings. The number of anilines is 3. The molecule has 0 aliphatic carbocycles. The number of ether oxygens (including phenoxy) is 1. The number of benzene rings is 2. The molecule has 0 aromatic heterocycles. The van der Waals surface area contributed by atoms with Crippen molar-refractivity contribution in [3.63, 3.8) is 0 Å². The van der Waals surface area contributed by atoms with E-state index < -0.39 is 0 Å². The Labute approximate surface area is 126 Å². The van der Waals surface area contributed by atoms with Crippen LogP contribution in [0, 0.1) is 11.3 Å². The van der Waals surface area contributed by atoms with E-state index in [1.165, 1.54) is 0 Å². The van der Waals surface area contributed by atoms with Crippen LogP contribution in [0.4, 0.5) is 17.1 Å². The van der Waals surface area contributed by atoms with Gasteiger partial charge in [-0.25, -0.2) is 0 Å². The van der Waals surface area contributed by atoms with Crippen LogP contribution in [0.25, 0.3) is 0 Å². The molecule has 2 rings (SSSR count). The summed E-state index contributed by atoms with van der Waals surface area (Å²) in [6.45, 7) is 2.48. The van der Waals surface area contributed by atoms with Crippen LogP contribution in [0.5, 0.6) is 5.75 Å². The SMILES string of the molecule is CCOc1cccc(Nc2ccc(C#N)cc2Br)c1N. The molecule has 2 aromatic rings. The second kappa shape index (κ2) is 6.31. The Morgan fingerprint density at radius 2 is 2.10 bits per heavy atom. The number of nitriles is 1. The van der Waals surface area contributed by atoms with Crippen LogP contribution in [0.3, 0.4) is 0 Å². The van der Waals surface area contributed by atoms with Crippen LogP contribution in [0.15, 0.2) is 40.9 Å². The number of para-hydroxylation sites is 1. The maximum absolute atomic E-state index is 8.85. The molecule has 0 aliphatic heterocycles. The van der Waals surface area contributed by atoms with Gasteiger partial charge in [0.25, 0.3) is 0 Å². The van der Waals surface area contributed by atoms with Crippen molar-refractivity contribution < 1.29 is 4.74 Å². The minimum Gasteiger partial charge on any atom is -0.492 e. The monoisotopic (exact) mass is 331 g/mol. The van der Waals surface area contributed by atoms with Crippen LogP contribution in [-0.4, -0.2) is 6.61 Å². The summed E-state index contributed by atoms with van der Waals surface area (Å²) in [4.78, 5) is 0. The Bertz CT molecular complexity index is 665. The molecule has 20 heavy (non-hydrogen) atoms. The highest BCUT2D eigenvalue weighted by molar-refractivity contribution is 9.10. The molecule has 0 atom stereocenters. The molecule has 2 aromatic carbocycles. The first-order valence-electron chi connectivity index (χ1n) is 6.13. The molecule has 0 amide bonds. The zero-order valence-electron chi connectivity index (χ0n) is 11.0. The van der Waals surface area contributed by atoms with E-state index in [4.69, 9.17) is 15.7 Å². The van der Waals surface area contributed by atoms with Crippen molar-refractivity contribution in [3.8, 4) is 11.8 Å². The van der Waals surface area contributed by atoms with Gasteiger partial charge in [-0.2, -0.15) is 5.26 Å². The first-order valence-corrected chi connectivity index (χ1v) is 6.93. The van der Waals surface area contributed by atoms with E-state index in [0.717, 1.165) is 15.8 Å². The zero-order valence-corrected chi connectivity index (χ0v) is 12.6. The highest BCUT2D eigenvalue weighted by Gasteiger charge is 2.08. The Morgan fingerprint density at radius 1 is 1.30 bits per heavy atom. The van der Waals surface area contributed by atoms with Gasteiger partial charge < -0.3 is 15.8 Å². The molecular weight excluding hydrogens is 318 g/mol. The van der Waals surface area contributed by atoms with Crippen molar-refractivity contribution in [3.05, 3.63) is 46.4 Å². The summed E-state index contributed by atoms with van der Waals surface area (Å²) in [5, 5.41) is 12.1. The standard InChI is InChI=1S/C15H14BrN3O/c1-2-20-14-5-3-4-13(15(14)18)19-12-7-6-10(9-17)8-11(12)16/h3-8,19H,2,18H2,1H3. The number of nitrogens with one attached hydrogen (secondary N) is 1. The molecule has 0 heterocycles. The lowest BCUT2D eigenvalue weighted by Gasteiger charge is -2.14. The van der Waals surface area contributed by atoms with Crippen LogP contribution in [0.2, 0.25) is 0 Å². The smallest absolute Gasteiger partial charge is 0.144 e. The maximum atomic E-state index is 8.85. The molecule has 0 radical (unpaired) electrons. The largest absolute Gasteiger partial charge is 0.492 e. The average molecular weight is 332 g/mol. The number of rotatable bonds is 4. The van der Waals surface area contributed by atoms with Crippen LogP contribution >= 0.6 is 15.9 Å². The van der Waals surface area contributed by atoms with Crippen LogP contribution in [-0.2, 0) is 0 Å². The number of nitrogens with zero attached hydrogens (tertiary/aromatic N) is 1. The third-order valence-electron chi connectivity index (χ3n) is 2.73. The first-order chi connectivity index (χ1) is 9.65. The van der Waals surface area contributed by atoms with E-state index in [9.17, 15) is 0 Å². The number of hydrogen-bond donors (Lipinski definition) is 2. The van der Waals surface area contributed by atoms with Gasteiger partial charge in [0.2, 0.25) is 0 Å². The molecule has 4 nitrogen and oxygen atoms in total. The Hall–Kier alpha value is -2.19. The lowest BCUT2D eigenvalue weighted by molar-refractivity contribution is 0.342. The van der Waals surface area contributed by atoms with Crippen molar-refractivity contribution in [2.45, 2.75) is 6.92 Å². The minimum absolute atomic E-state index is 0.561. The third-order valence-corrected chi connectivity index (χ3v) is 3.39. The molecule has 0 aliphatic rings. The lowest BCUT2D eigenvalue weighted by Crippen LogP contribution is -2.01. The summed E-state index contributed by atoms with van der Waals surface area (Å²) < 4.78 is 6.27. The predicted octanol–water partition coefficient (Wildman–Crippen LogP) is 4.05. The van der Waals surface area contributed by atoms with Crippen molar-refractivity contribution in [2.75, 3.05) is 17.7 Å². The molecule has 0 saturated heterocycles. The summed E-state index contributed by atoms with van der Waals surface area (Å²) in [7, 11) is 0. The van der Waals surface area contributed by atoms with Crippen LogP contribution < -0.4 is 15.8 Å².